The van der Waals surface area contributed by atoms with E-state index >= 15 is 0 Å². The second kappa shape index (κ2) is 9.36. The Morgan fingerprint density at radius 2 is 2.11 bits per heavy atom. The molecule has 0 spiro atoms. The van der Waals surface area contributed by atoms with Crippen molar-refractivity contribution in [2.24, 2.45) is 0 Å². The summed E-state index contributed by atoms with van der Waals surface area (Å²) in [6.45, 7) is 0.631. The molecule has 5 nitrogen and oxygen atoms in total. The molecule has 1 heterocycles. The molecule has 1 aliphatic heterocycles. The zero-order valence-corrected chi connectivity index (χ0v) is 12.9. The number of urea groups is 1. The Hall–Kier alpha value is -0.560. The van der Waals surface area contributed by atoms with Crippen LogP contribution < -0.4 is 5.32 Å². The Balaban J connectivity index is 2.12. The largest absolute Gasteiger partial charge is 0.480 e. The van der Waals surface area contributed by atoms with E-state index in [1.807, 2.05) is 11.8 Å². The molecular weight excluding hydrogens is 284 g/mol. The Bertz CT molecular complexity index is 303. The number of carboxylic acid groups (broad SMARTS) is 1. The maximum absolute atomic E-state index is 11.8. The fraction of sp³-hybridized carbons (Fsp3) is 0.833. The summed E-state index contributed by atoms with van der Waals surface area (Å²) in [7, 11) is 0. The molecule has 1 atom stereocenters. The molecule has 0 saturated carbocycles. The summed E-state index contributed by atoms with van der Waals surface area (Å²) in [5.41, 5.74) is 0. The second-order valence-corrected chi connectivity index (χ2v) is 6.45. The Morgan fingerprint density at radius 1 is 1.37 bits per heavy atom. The third-order valence-electron chi connectivity index (χ3n) is 2.98. The number of hydrogen-bond donors (Lipinski definition) is 2. The normalized spacial score (nSPS) is 18.6. The first-order valence-corrected chi connectivity index (χ1v) is 9.05. The number of hydrogen-bond acceptors (Lipinski definition) is 4. The highest BCUT2D eigenvalue weighted by atomic mass is 32.2. The average Bonchev–Trinajstić information content (AvgIpc) is 2.87. The lowest BCUT2D eigenvalue weighted by Gasteiger charge is -2.20. The van der Waals surface area contributed by atoms with Gasteiger partial charge >= 0.3 is 12.0 Å². The standard InChI is InChI=1S/C12H22N2O3S2/c1-18-7-5-3-2-4-6-13-12(17)14-9-19-8-10(14)11(15)16/h10H,2-9H2,1H3,(H,13,17)(H,15,16)/t10-/m0/s1. The summed E-state index contributed by atoms with van der Waals surface area (Å²) < 4.78 is 0. The molecule has 1 rings (SSSR count). The van der Waals surface area contributed by atoms with Gasteiger partial charge in [-0.3, -0.25) is 0 Å². The van der Waals surface area contributed by atoms with Gasteiger partial charge < -0.3 is 15.3 Å². The highest BCUT2D eigenvalue weighted by Crippen LogP contribution is 2.20. The van der Waals surface area contributed by atoms with Gasteiger partial charge in [0, 0.05) is 12.3 Å². The number of amides is 2. The third kappa shape index (κ3) is 5.95. The summed E-state index contributed by atoms with van der Waals surface area (Å²) in [6, 6.07) is -0.923. The van der Waals surface area contributed by atoms with Gasteiger partial charge in [0.25, 0.3) is 0 Å². The summed E-state index contributed by atoms with van der Waals surface area (Å²) in [6.07, 6.45) is 6.58. The van der Waals surface area contributed by atoms with Crippen LogP contribution in [0.25, 0.3) is 0 Å². The molecule has 110 valence electrons. The van der Waals surface area contributed by atoms with Gasteiger partial charge in [0.1, 0.15) is 6.04 Å². The summed E-state index contributed by atoms with van der Waals surface area (Å²) >= 11 is 3.34. The SMILES string of the molecule is CSCCCCCCNC(=O)N1CSC[C@H]1C(=O)O. The number of carbonyl (C=O) groups is 2. The lowest BCUT2D eigenvalue weighted by Crippen LogP contribution is -2.47. The molecule has 19 heavy (non-hydrogen) atoms. The predicted octanol–water partition coefficient (Wildman–Crippen LogP) is 2.08. The molecule has 2 amide bonds. The molecule has 2 N–H and O–H groups in total. The molecule has 1 fully saturated rings. The predicted molar refractivity (Wildman–Crippen MR) is 80.8 cm³/mol. The van der Waals surface area contributed by atoms with E-state index in [1.54, 1.807) is 0 Å². The van der Waals surface area contributed by atoms with Crippen LogP contribution in [0.5, 0.6) is 0 Å². The minimum Gasteiger partial charge on any atom is -0.480 e. The van der Waals surface area contributed by atoms with E-state index in [4.69, 9.17) is 5.11 Å². The quantitative estimate of drug-likeness (QED) is 0.672. The van der Waals surface area contributed by atoms with Crippen LogP contribution in [0.2, 0.25) is 0 Å². The lowest BCUT2D eigenvalue weighted by molar-refractivity contribution is -0.140. The molecule has 0 aromatic carbocycles. The molecule has 0 unspecified atom stereocenters. The molecule has 1 saturated heterocycles. The minimum absolute atomic E-state index is 0.249. The van der Waals surface area contributed by atoms with Crippen molar-refractivity contribution in [3.05, 3.63) is 0 Å². The van der Waals surface area contributed by atoms with Crippen LogP contribution >= 0.6 is 23.5 Å². The van der Waals surface area contributed by atoms with E-state index in [9.17, 15) is 9.59 Å². The van der Waals surface area contributed by atoms with E-state index in [0.29, 0.717) is 18.2 Å². The van der Waals surface area contributed by atoms with Crippen LogP contribution in [0.15, 0.2) is 0 Å². The van der Waals surface area contributed by atoms with E-state index < -0.39 is 12.0 Å². The number of carbonyl (C=O) groups excluding carboxylic acids is 1. The minimum atomic E-state index is -0.919. The highest BCUT2D eigenvalue weighted by molar-refractivity contribution is 7.99. The van der Waals surface area contributed by atoms with Crippen LogP contribution in [0.1, 0.15) is 25.7 Å². The second-order valence-electron chi connectivity index (χ2n) is 4.46. The third-order valence-corrected chi connectivity index (χ3v) is 4.69. The van der Waals surface area contributed by atoms with Crippen molar-refractivity contribution in [2.75, 3.05) is 30.2 Å². The molecule has 0 radical (unpaired) electrons. The van der Waals surface area contributed by atoms with Gasteiger partial charge in [-0.05, 0) is 24.9 Å². The van der Waals surface area contributed by atoms with E-state index in [2.05, 4.69) is 11.6 Å². The molecule has 0 aliphatic carbocycles. The fourth-order valence-electron chi connectivity index (χ4n) is 1.87. The Kier molecular flexibility index (Phi) is 8.13. The Morgan fingerprint density at radius 3 is 2.79 bits per heavy atom. The van der Waals surface area contributed by atoms with Crippen LogP contribution in [-0.2, 0) is 4.79 Å². The summed E-state index contributed by atoms with van der Waals surface area (Å²) in [4.78, 5) is 24.2. The monoisotopic (exact) mass is 306 g/mol. The van der Waals surface area contributed by atoms with Crippen molar-refractivity contribution in [3.63, 3.8) is 0 Å². The van der Waals surface area contributed by atoms with Crippen molar-refractivity contribution in [2.45, 2.75) is 31.7 Å². The van der Waals surface area contributed by atoms with Crippen LogP contribution in [0.3, 0.4) is 0 Å². The van der Waals surface area contributed by atoms with Gasteiger partial charge in [0.15, 0.2) is 0 Å². The highest BCUT2D eigenvalue weighted by Gasteiger charge is 2.34. The molecule has 1 aliphatic rings. The van der Waals surface area contributed by atoms with E-state index in [1.165, 1.54) is 35.3 Å². The van der Waals surface area contributed by atoms with Gasteiger partial charge in [0.05, 0.1) is 5.88 Å². The summed E-state index contributed by atoms with van der Waals surface area (Å²) in [5.74, 6) is 1.23. The molecular formula is C12H22N2O3S2. The van der Waals surface area contributed by atoms with Crippen molar-refractivity contribution in [1.82, 2.24) is 10.2 Å². The van der Waals surface area contributed by atoms with Crippen molar-refractivity contribution >= 4 is 35.5 Å². The first-order valence-electron chi connectivity index (χ1n) is 6.50. The maximum atomic E-state index is 11.8. The smallest absolute Gasteiger partial charge is 0.327 e. The van der Waals surface area contributed by atoms with Gasteiger partial charge in [-0.1, -0.05) is 12.8 Å². The number of rotatable bonds is 8. The van der Waals surface area contributed by atoms with Gasteiger partial charge in [-0.25, -0.2) is 9.59 Å². The van der Waals surface area contributed by atoms with Crippen molar-refractivity contribution in [3.8, 4) is 0 Å². The van der Waals surface area contributed by atoms with E-state index in [0.717, 1.165) is 12.8 Å². The molecule has 7 heteroatoms. The number of carboxylic acids is 1. The number of thioether (sulfide) groups is 2. The summed E-state index contributed by atoms with van der Waals surface area (Å²) in [5, 5.41) is 11.8. The lowest BCUT2D eigenvalue weighted by atomic mass is 10.2. The zero-order valence-electron chi connectivity index (χ0n) is 11.3. The van der Waals surface area contributed by atoms with E-state index in [-0.39, 0.29) is 6.03 Å². The van der Waals surface area contributed by atoms with Crippen molar-refractivity contribution in [1.29, 1.82) is 0 Å². The first kappa shape index (κ1) is 16.5. The number of nitrogens with one attached hydrogen (secondary N) is 1. The fourth-order valence-corrected chi connectivity index (χ4v) is 3.51. The average molecular weight is 306 g/mol. The number of aliphatic carboxylic acids is 1. The van der Waals surface area contributed by atoms with Gasteiger partial charge in [0.2, 0.25) is 0 Å². The Labute approximate surface area is 122 Å². The number of nitrogens with zero attached hydrogens (tertiary/aromatic N) is 1. The van der Waals surface area contributed by atoms with Gasteiger partial charge in [-0.2, -0.15) is 11.8 Å². The molecule has 0 bridgehead atoms. The maximum Gasteiger partial charge on any atom is 0.327 e. The number of unbranched alkanes of at least 4 members (excludes halogenated alkanes) is 3. The van der Waals surface area contributed by atoms with Crippen LogP contribution in [-0.4, -0.2) is 58.2 Å². The van der Waals surface area contributed by atoms with Crippen molar-refractivity contribution < 1.29 is 14.7 Å². The van der Waals surface area contributed by atoms with Gasteiger partial charge in [-0.15, -0.1) is 11.8 Å². The molecule has 0 aromatic heterocycles. The first-order chi connectivity index (χ1) is 9.16. The topological polar surface area (TPSA) is 69.6 Å². The van der Waals surface area contributed by atoms with Crippen LogP contribution in [0.4, 0.5) is 4.79 Å². The molecule has 0 aromatic rings. The van der Waals surface area contributed by atoms with Crippen LogP contribution in [0, 0.1) is 0 Å². The zero-order chi connectivity index (χ0) is 14.1.